The Balaban J connectivity index is 1.73. The number of nitro benzene ring substituents is 1. The van der Waals surface area contributed by atoms with E-state index in [1.54, 1.807) is 26.0 Å². The molecule has 0 bridgehead atoms. The van der Waals surface area contributed by atoms with Crippen LogP contribution in [-0.2, 0) is 23.9 Å². The van der Waals surface area contributed by atoms with E-state index in [1.165, 1.54) is 37.4 Å². The second-order valence-corrected chi connectivity index (χ2v) is 7.78. The minimum atomic E-state index is -0.766. The van der Waals surface area contributed by atoms with Crippen LogP contribution in [0.15, 0.2) is 42.5 Å². The molecule has 12 heteroatoms. The average Bonchev–Trinajstić information content (AvgIpc) is 2.82. The van der Waals surface area contributed by atoms with Crippen LogP contribution in [0.5, 0.6) is 5.75 Å². The lowest BCUT2D eigenvalue weighted by molar-refractivity contribution is -0.383. The van der Waals surface area contributed by atoms with Gasteiger partial charge in [-0.1, -0.05) is 0 Å². The molecule has 0 atom stereocenters. The predicted octanol–water partition coefficient (Wildman–Crippen LogP) is 3.46. The SMILES string of the molecule is COc1ccc([N+](=O)[O-])c(NC(=O)COC(=O)CCCC(=O)Nc2ccc(C(=O)OC(C)C)cc2)c1. The lowest BCUT2D eigenvalue weighted by atomic mass is 10.2. The number of nitrogens with zero attached hydrogens (tertiary/aromatic N) is 1. The van der Waals surface area contributed by atoms with E-state index in [1.807, 2.05) is 0 Å². The number of carbonyl (C=O) groups excluding carboxylic acids is 4. The van der Waals surface area contributed by atoms with E-state index >= 15 is 0 Å². The number of carbonyl (C=O) groups is 4. The summed E-state index contributed by atoms with van der Waals surface area (Å²) in [5.41, 5.74) is 0.398. The number of anilines is 2. The Morgan fingerprint density at radius 3 is 2.28 bits per heavy atom. The van der Waals surface area contributed by atoms with Gasteiger partial charge in [-0.25, -0.2) is 4.79 Å². The Morgan fingerprint density at radius 1 is 0.972 bits per heavy atom. The Labute approximate surface area is 207 Å². The quantitative estimate of drug-likeness (QED) is 0.252. The minimum absolute atomic E-state index is 0.0223. The van der Waals surface area contributed by atoms with Gasteiger partial charge in [0.2, 0.25) is 5.91 Å². The van der Waals surface area contributed by atoms with E-state index in [0.29, 0.717) is 17.0 Å². The Hall–Kier alpha value is -4.48. The molecule has 2 aromatic carbocycles. The molecule has 0 heterocycles. The third-order valence-corrected chi connectivity index (χ3v) is 4.57. The van der Waals surface area contributed by atoms with E-state index in [0.717, 1.165) is 0 Å². The molecular weight excluding hydrogens is 474 g/mol. The van der Waals surface area contributed by atoms with E-state index < -0.39 is 29.4 Å². The van der Waals surface area contributed by atoms with Gasteiger partial charge in [0.1, 0.15) is 11.4 Å². The van der Waals surface area contributed by atoms with Gasteiger partial charge in [0.25, 0.3) is 11.6 Å². The van der Waals surface area contributed by atoms with Crippen molar-refractivity contribution in [2.45, 2.75) is 39.2 Å². The van der Waals surface area contributed by atoms with Crippen molar-refractivity contribution in [1.29, 1.82) is 0 Å². The molecule has 192 valence electrons. The van der Waals surface area contributed by atoms with Crippen molar-refractivity contribution in [3.8, 4) is 5.75 Å². The average molecular weight is 501 g/mol. The first-order chi connectivity index (χ1) is 17.1. The third-order valence-electron chi connectivity index (χ3n) is 4.57. The number of nitro groups is 1. The summed E-state index contributed by atoms with van der Waals surface area (Å²) in [6.45, 7) is 2.84. The van der Waals surface area contributed by atoms with Crippen molar-refractivity contribution < 1.29 is 38.3 Å². The highest BCUT2D eigenvalue weighted by Crippen LogP contribution is 2.28. The predicted molar refractivity (Wildman–Crippen MR) is 129 cm³/mol. The number of nitrogens with one attached hydrogen (secondary N) is 2. The summed E-state index contributed by atoms with van der Waals surface area (Å²) in [7, 11) is 1.37. The van der Waals surface area contributed by atoms with Crippen molar-refractivity contribution in [2.75, 3.05) is 24.4 Å². The molecule has 0 saturated heterocycles. The monoisotopic (exact) mass is 501 g/mol. The first-order valence-corrected chi connectivity index (χ1v) is 11.0. The van der Waals surface area contributed by atoms with E-state index in [4.69, 9.17) is 14.2 Å². The maximum absolute atomic E-state index is 12.1. The van der Waals surface area contributed by atoms with E-state index in [-0.39, 0.29) is 42.6 Å². The fourth-order valence-corrected chi connectivity index (χ4v) is 2.89. The molecule has 0 saturated carbocycles. The van der Waals surface area contributed by atoms with Crippen LogP contribution in [-0.4, -0.2) is 48.5 Å². The Kier molecular flexibility index (Phi) is 10.3. The van der Waals surface area contributed by atoms with Crippen LogP contribution >= 0.6 is 0 Å². The highest BCUT2D eigenvalue weighted by Gasteiger charge is 2.18. The molecule has 2 amide bonds. The molecule has 0 unspecified atom stereocenters. The molecule has 0 spiro atoms. The minimum Gasteiger partial charge on any atom is -0.497 e. The summed E-state index contributed by atoms with van der Waals surface area (Å²) in [5, 5.41) is 16.1. The van der Waals surface area contributed by atoms with Crippen molar-refractivity contribution in [3.05, 3.63) is 58.1 Å². The van der Waals surface area contributed by atoms with Gasteiger partial charge in [0.05, 0.1) is 23.7 Å². The fourth-order valence-electron chi connectivity index (χ4n) is 2.89. The molecule has 0 aliphatic rings. The van der Waals surface area contributed by atoms with Gasteiger partial charge < -0.3 is 24.8 Å². The second-order valence-electron chi connectivity index (χ2n) is 7.78. The van der Waals surface area contributed by atoms with Crippen LogP contribution in [0.25, 0.3) is 0 Å². The molecule has 2 N–H and O–H groups in total. The number of ether oxygens (including phenoxy) is 3. The van der Waals surface area contributed by atoms with Gasteiger partial charge in [0.15, 0.2) is 6.61 Å². The normalized spacial score (nSPS) is 10.3. The first kappa shape index (κ1) is 27.8. The Bertz CT molecular complexity index is 1110. The van der Waals surface area contributed by atoms with Crippen LogP contribution in [0.3, 0.4) is 0 Å². The molecule has 0 aliphatic heterocycles. The van der Waals surface area contributed by atoms with Crippen LogP contribution in [0, 0.1) is 10.1 Å². The Morgan fingerprint density at radius 2 is 1.67 bits per heavy atom. The van der Waals surface area contributed by atoms with Crippen molar-refractivity contribution in [2.24, 2.45) is 0 Å². The molecule has 0 aliphatic carbocycles. The summed E-state index contributed by atoms with van der Waals surface area (Å²) in [6.07, 6.45) is -0.159. The van der Waals surface area contributed by atoms with Gasteiger partial charge in [-0.05, 0) is 50.6 Å². The number of hydrogen-bond acceptors (Lipinski definition) is 9. The first-order valence-electron chi connectivity index (χ1n) is 11.0. The summed E-state index contributed by atoms with van der Waals surface area (Å²) in [6, 6.07) is 10.0. The number of amides is 2. The van der Waals surface area contributed by atoms with Crippen LogP contribution in [0.4, 0.5) is 17.1 Å². The van der Waals surface area contributed by atoms with Crippen molar-refractivity contribution >= 4 is 40.8 Å². The summed E-state index contributed by atoms with van der Waals surface area (Å²) < 4.78 is 14.9. The summed E-state index contributed by atoms with van der Waals surface area (Å²) in [4.78, 5) is 58.3. The summed E-state index contributed by atoms with van der Waals surface area (Å²) in [5.74, 6) is -1.97. The van der Waals surface area contributed by atoms with Gasteiger partial charge in [-0.2, -0.15) is 0 Å². The zero-order valence-electron chi connectivity index (χ0n) is 20.1. The lowest BCUT2D eigenvalue weighted by Crippen LogP contribution is -2.21. The number of esters is 2. The van der Waals surface area contributed by atoms with E-state index in [2.05, 4.69) is 10.6 Å². The largest absolute Gasteiger partial charge is 0.497 e. The topological polar surface area (TPSA) is 163 Å². The number of benzene rings is 2. The maximum Gasteiger partial charge on any atom is 0.338 e. The zero-order chi connectivity index (χ0) is 26.7. The molecule has 2 aromatic rings. The highest BCUT2D eigenvalue weighted by atomic mass is 16.6. The molecule has 0 fully saturated rings. The van der Waals surface area contributed by atoms with Crippen molar-refractivity contribution in [1.82, 2.24) is 0 Å². The van der Waals surface area contributed by atoms with Gasteiger partial charge in [-0.15, -0.1) is 0 Å². The summed E-state index contributed by atoms with van der Waals surface area (Å²) >= 11 is 0. The zero-order valence-corrected chi connectivity index (χ0v) is 20.1. The molecule has 0 radical (unpaired) electrons. The third kappa shape index (κ3) is 9.05. The van der Waals surface area contributed by atoms with Crippen LogP contribution in [0.1, 0.15) is 43.5 Å². The van der Waals surface area contributed by atoms with Gasteiger partial charge >= 0.3 is 11.9 Å². The second kappa shape index (κ2) is 13.4. The number of methoxy groups -OCH3 is 1. The molecule has 36 heavy (non-hydrogen) atoms. The maximum atomic E-state index is 12.1. The standard InChI is InChI=1S/C24H27N3O9/c1-15(2)36-24(31)16-7-9-17(10-8-16)25-21(28)5-4-6-23(30)35-14-22(29)26-19-13-18(34-3)11-12-20(19)27(32)33/h7-13,15H,4-6,14H2,1-3H3,(H,25,28)(H,26,29). The van der Waals surface area contributed by atoms with Gasteiger partial charge in [-0.3, -0.25) is 24.5 Å². The number of rotatable bonds is 12. The van der Waals surface area contributed by atoms with E-state index in [9.17, 15) is 29.3 Å². The lowest BCUT2D eigenvalue weighted by Gasteiger charge is -2.09. The molecule has 2 rings (SSSR count). The highest BCUT2D eigenvalue weighted by molar-refractivity contribution is 5.95. The smallest absolute Gasteiger partial charge is 0.338 e. The molecule has 12 nitrogen and oxygen atoms in total. The van der Waals surface area contributed by atoms with Gasteiger partial charge in [0, 0.05) is 30.7 Å². The number of hydrogen-bond donors (Lipinski definition) is 2. The van der Waals surface area contributed by atoms with Crippen LogP contribution in [0.2, 0.25) is 0 Å². The van der Waals surface area contributed by atoms with Crippen molar-refractivity contribution in [3.63, 3.8) is 0 Å². The van der Waals surface area contributed by atoms with Crippen LogP contribution < -0.4 is 15.4 Å². The molecule has 0 aromatic heterocycles. The molecular formula is C24H27N3O9. The fraction of sp³-hybridized carbons (Fsp3) is 0.333.